The van der Waals surface area contributed by atoms with E-state index in [9.17, 15) is 16.8 Å². The minimum atomic E-state index is -3.23. The highest BCUT2D eigenvalue weighted by Gasteiger charge is 2.10. The predicted octanol–water partition coefficient (Wildman–Crippen LogP) is 0.498. The molecule has 0 heterocycles. The highest BCUT2D eigenvalue weighted by Crippen LogP contribution is 2.17. The van der Waals surface area contributed by atoms with Crippen LogP contribution in [-0.2, 0) is 26.2 Å². The Hall–Kier alpha value is -1.61. The summed E-state index contributed by atoms with van der Waals surface area (Å²) in [6.45, 7) is 4.95. The average molecular weight is 376 g/mol. The topological polar surface area (TPSA) is 105 Å². The Morgan fingerprint density at radius 3 is 2.29 bits per heavy atom. The van der Waals surface area contributed by atoms with Gasteiger partial charge in [-0.1, -0.05) is 12.1 Å². The number of nitrogens with zero attached hydrogens (tertiary/aromatic N) is 1. The van der Waals surface area contributed by atoms with Crippen LogP contribution in [0.2, 0.25) is 0 Å². The van der Waals surface area contributed by atoms with E-state index in [1.807, 2.05) is 6.92 Å². The van der Waals surface area contributed by atoms with Crippen LogP contribution in [0.1, 0.15) is 18.1 Å². The molecule has 0 unspecified atom stereocenters. The third kappa shape index (κ3) is 7.31. The fourth-order valence-corrected chi connectivity index (χ4v) is 3.52. The van der Waals surface area contributed by atoms with Crippen LogP contribution in [0.3, 0.4) is 0 Å². The lowest BCUT2D eigenvalue weighted by molar-refractivity contribution is 0.599. The highest BCUT2D eigenvalue weighted by molar-refractivity contribution is 7.91. The van der Waals surface area contributed by atoms with E-state index in [-0.39, 0.29) is 12.3 Å². The minimum absolute atomic E-state index is 0.0274. The molecule has 0 aromatic heterocycles. The van der Waals surface area contributed by atoms with Gasteiger partial charge in [-0.15, -0.1) is 0 Å². The zero-order valence-corrected chi connectivity index (χ0v) is 16.1. The molecular formula is C15H25N3O4S2. The van der Waals surface area contributed by atoms with Crippen molar-refractivity contribution in [3.8, 4) is 0 Å². The number of hydrogen-bond donors (Lipinski definition) is 2. The second-order valence-corrected chi connectivity index (χ2v) is 9.87. The third-order valence-electron chi connectivity index (χ3n) is 3.17. The smallest absolute Gasteiger partial charge is 0.191 e. The van der Waals surface area contributed by atoms with Gasteiger partial charge in [0.15, 0.2) is 15.8 Å². The first kappa shape index (κ1) is 20.4. The molecule has 1 aromatic carbocycles. The molecule has 1 rings (SSSR count). The van der Waals surface area contributed by atoms with E-state index in [1.165, 1.54) is 12.5 Å². The van der Waals surface area contributed by atoms with Gasteiger partial charge in [-0.2, -0.15) is 0 Å². The van der Waals surface area contributed by atoms with Crippen LogP contribution in [0.5, 0.6) is 0 Å². The van der Waals surface area contributed by atoms with Gasteiger partial charge in [0.05, 0.1) is 17.2 Å². The van der Waals surface area contributed by atoms with Crippen LogP contribution in [0, 0.1) is 6.92 Å². The third-order valence-corrected chi connectivity index (χ3v) is 5.37. The molecule has 0 radical (unpaired) electrons. The molecule has 0 atom stereocenters. The molecule has 0 spiro atoms. The van der Waals surface area contributed by atoms with E-state index in [0.29, 0.717) is 29.5 Å². The molecule has 9 heteroatoms. The Kier molecular flexibility index (Phi) is 7.22. The molecule has 0 bridgehead atoms. The van der Waals surface area contributed by atoms with Gasteiger partial charge in [-0.25, -0.2) is 21.8 Å². The molecule has 2 N–H and O–H groups in total. The molecule has 24 heavy (non-hydrogen) atoms. The largest absolute Gasteiger partial charge is 0.357 e. The lowest BCUT2D eigenvalue weighted by atomic mass is 10.1. The van der Waals surface area contributed by atoms with Gasteiger partial charge in [0, 0.05) is 25.6 Å². The van der Waals surface area contributed by atoms with Crippen molar-refractivity contribution >= 4 is 25.6 Å². The molecule has 7 nitrogen and oxygen atoms in total. The fourth-order valence-electron chi connectivity index (χ4n) is 2.09. The number of sulfone groups is 2. The van der Waals surface area contributed by atoms with Crippen LogP contribution in [0.4, 0.5) is 0 Å². The quantitative estimate of drug-likeness (QED) is 0.531. The molecule has 1 aromatic rings. The first-order valence-electron chi connectivity index (χ1n) is 7.52. The minimum Gasteiger partial charge on any atom is -0.357 e. The molecule has 0 fully saturated rings. The van der Waals surface area contributed by atoms with Crippen LogP contribution in [-0.4, -0.2) is 54.1 Å². The van der Waals surface area contributed by atoms with Crippen molar-refractivity contribution in [2.75, 3.05) is 31.4 Å². The number of nitrogens with one attached hydrogen (secondary N) is 2. The zero-order valence-electron chi connectivity index (χ0n) is 14.5. The summed E-state index contributed by atoms with van der Waals surface area (Å²) in [5, 5.41) is 6.00. The van der Waals surface area contributed by atoms with E-state index in [4.69, 9.17) is 0 Å². The Bertz CT molecular complexity index is 800. The van der Waals surface area contributed by atoms with Gasteiger partial charge in [0.25, 0.3) is 0 Å². The maximum atomic E-state index is 11.6. The Balaban J connectivity index is 2.81. The SMILES string of the molecule is CCNC(=NCc1ccc(S(C)(=O)=O)c(C)c1)NCCS(C)(=O)=O. The first-order valence-corrected chi connectivity index (χ1v) is 11.5. The maximum absolute atomic E-state index is 11.6. The van der Waals surface area contributed by atoms with Crippen LogP contribution in [0.25, 0.3) is 0 Å². The average Bonchev–Trinajstić information content (AvgIpc) is 2.42. The number of rotatable bonds is 7. The van der Waals surface area contributed by atoms with Crippen molar-refractivity contribution < 1.29 is 16.8 Å². The summed E-state index contributed by atoms with van der Waals surface area (Å²) in [7, 11) is -6.26. The van der Waals surface area contributed by atoms with Crippen molar-refractivity contribution in [2.45, 2.75) is 25.3 Å². The number of hydrogen-bond acceptors (Lipinski definition) is 5. The summed E-state index contributed by atoms with van der Waals surface area (Å²) in [5.74, 6) is 0.547. The number of aryl methyl sites for hydroxylation is 1. The van der Waals surface area contributed by atoms with Gasteiger partial charge >= 0.3 is 0 Å². The second kappa shape index (κ2) is 8.48. The second-order valence-electron chi connectivity index (χ2n) is 5.62. The van der Waals surface area contributed by atoms with Gasteiger partial charge in [0.1, 0.15) is 9.84 Å². The van der Waals surface area contributed by atoms with Gasteiger partial charge < -0.3 is 10.6 Å². The molecule has 0 aliphatic carbocycles. The van der Waals surface area contributed by atoms with Gasteiger partial charge in [-0.3, -0.25) is 0 Å². The van der Waals surface area contributed by atoms with Crippen molar-refractivity contribution in [3.63, 3.8) is 0 Å². The monoisotopic (exact) mass is 375 g/mol. The molecule has 0 amide bonds. The van der Waals surface area contributed by atoms with Crippen molar-refractivity contribution in [1.82, 2.24) is 10.6 Å². The van der Waals surface area contributed by atoms with E-state index in [2.05, 4.69) is 15.6 Å². The van der Waals surface area contributed by atoms with Crippen LogP contribution >= 0.6 is 0 Å². The molecule has 0 saturated carbocycles. The van der Waals surface area contributed by atoms with Crippen LogP contribution in [0.15, 0.2) is 28.1 Å². The van der Waals surface area contributed by atoms with Crippen molar-refractivity contribution in [2.24, 2.45) is 4.99 Å². The zero-order chi connectivity index (χ0) is 18.4. The number of guanidine groups is 1. The summed E-state index contributed by atoms with van der Waals surface area (Å²) < 4.78 is 45.5. The lowest BCUT2D eigenvalue weighted by Gasteiger charge is -2.11. The number of benzene rings is 1. The van der Waals surface area contributed by atoms with E-state index >= 15 is 0 Å². The van der Waals surface area contributed by atoms with Crippen molar-refractivity contribution in [3.05, 3.63) is 29.3 Å². The Labute approximate surface area is 144 Å². The highest BCUT2D eigenvalue weighted by atomic mass is 32.2. The Morgan fingerprint density at radius 1 is 1.12 bits per heavy atom. The summed E-state index contributed by atoms with van der Waals surface area (Å²) in [4.78, 5) is 4.70. The summed E-state index contributed by atoms with van der Waals surface area (Å²) in [5.41, 5.74) is 1.56. The van der Waals surface area contributed by atoms with Gasteiger partial charge in [0.2, 0.25) is 0 Å². The Morgan fingerprint density at radius 2 is 1.79 bits per heavy atom. The molecule has 0 aliphatic rings. The van der Waals surface area contributed by atoms with E-state index in [1.54, 1.807) is 25.1 Å². The fraction of sp³-hybridized carbons (Fsp3) is 0.533. The summed E-state index contributed by atoms with van der Waals surface area (Å²) in [6, 6.07) is 5.10. The van der Waals surface area contributed by atoms with E-state index < -0.39 is 19.7 Å². The lowest BCUT2D eigenvalue weighted by Crippen LogP contribution is -2.39. The summed E-state index contributed by atoms with van der Waals surface area (Å²) >= 11 is 0. The molecular weight excluding hydrogens is 350 g/mol. The summed E-state index contributed by atoms with van der Waals surface area (Å²) in [6.07, 6.45) is 2.37. The maximum Gasteiger partial charge on any atom is 0.191 e. The van der Waals surface area contributed by atoms with Crippen LogP contribution < -0.4 is 10.6 Å². The first-order chi connectivity index (χ1) is 11.0. The predicted molar refractivity (Wildman–Crippen MR) is 96.8 cm³/mol. The molecule has 136 valence electrons. The van der Waals surface area contributed by atoms with Gasteiger partial charge in [-0.05, 0) is 31.0 Å². The molecule has 0 saturated heterocycles. The standard InChI is InChI=1S/C15H25N3O4S2/c1-5-16-15(17-8-9-23(3,19)20)18-11-13-6-7-14(12(2)10-13)24(4,21)22/h6-7,10H,5,8-9,11H2,1-4H3,(H2,16,17,18). The van der Waals surface area contributed by atoms with E-state index in [0.717, 1.165) is 5.56 Å². The molecule has 0 aliphatic heterocycles. The van der Waals surface area contributed by atoms with Crippen molar-refractivity contribution in [1.29, 1.82) is 0 Å². The number of aliphatic imine (C=N–C) groups is 1. The normalized spacial score (nSPS) is 12.9.